The number of rotatable bonds is 3. The number of nitrogens with two attached hydrogens (primary N) is 1. The van der Waals surface area contributed by atoms with Gasteiger partial charge in [0.1, 0.15) is 11.3 Å². The summed E-state index contributed by atoms with van der Waals surface area (Å²) in [5.41, 5.74) is 8.24. The predicted molar refractivity (Wildman–Crippen MR) is 76.2 cm³/mol. The van der Waals surface area contributed by atoms with Crippen molar-refractivity contribution in [2.24, 2.45) is 5.73 Å². The van der Waals surface area contributed by atoms with E-state index < -0.39 is 0 Å². The van der Waals surface area contributed by atoms with E-state index in [1.807, 2.05) is 24.3 Å². The molecular weight excluding hydrogens is 266 g/mol. The molecule has 0 aliphatic carbocycles. The molecule has 92 valence electrons. The summed E-state index contributed by atoms with van der Waals surface area (Å²) in [5.74, 6) is 0.804. The van der Waals surface area contributed by atoms with Crippen LogP contribution in [0, 0.1) is 0 Å². The third kappa shape index (κ3) is 2.29. The molecule has 0 aliphatic heterocycles. The largest absolute Gasteiger partial charge is 0.459 e. The molecule has 2 heterocycles. The molecule has 4 heteroatoms. The maximum absolute atomic E-state index is 6.17. The van der Waals surface area contributed by atoms with Crippen LogP contribution in [0.3, 0.4) is 0 Å². The Morgan fingerprint density at radius 3 is 2.94 bits per heavy atom. The summed E-state index contributed by atoms with van der Waals surface area (Å²) in [4.78, 5) is 0. The van der Waals surface area contributed by atoms with E-state index in [4.69, 9.17) is 21.8 Å². The summed E-state index contributed by atoms with van der Waals surface area (Å²) >= 11 is 7.63. The molecule has 2 nitrogen and oxygen atoms in total. The highest BCUT2D eigenvalue weighted by atomic mass is 35.5. The molecule has 0 aliphatic rings. The van der Waals surface area contributed by atoms with Crippen LogP contribution in [-0.4, -0.2) is 0 Å². The minimum atomic E-state index is -0.120. The molecular formula is C14H12ClNOS. The van der Waals surface area contributed by atoms with Gasteiger partial charge >= 0.3 is 0 Å². The molecule has 2 aromatic heterocycles. The highest BCUT2D eigenvalue weighted by Gasteiger charge is 2.13. The van der Waals surface area contributed by atoms with Crippen LogP contribution in [-0.2, 0) is 6.42 Å². The molecule has 2 N–H and O–H groups in total. The lowest BCUT2D eigenvalue weighted by Crippen LogP contribution is -2.11. The van der Waals surface area contributed by atoms with Crippen molar-refractivity contribution in [3.8, 4) is 0 Å². The zero-order valence-corrected chi connectivity index (χ0v) is 11.2. The van der Waals surface area contributed by atoms with Crippen LogP contribution < -0.4 is 5.73 Å². The lowest BCUT2D eigenvalue weighted by atomic mass is 10.1. The Labute approximate surface area is 114 Å². The molecule has 0 saturated carbocycles. The first-order valence-corrected chi connectivity index (χ1v) is 7.00. The second-order valence-corrected chi connectivity index (χ2v) is 5.49. The van der Waals surface area contributed by atoms with Crippen LogP contribution >= 0.6 is 22.9 Å². The topological polar surface area (TPSA) is 39.2 Å². The molecule has 1 unspecified atom stereocenters. The van der Waals surface area contributed by atoms with E-state index in [9.17, 15) is 0 Å². The molecule has 0 fully saturated rings. The molecule has 1 atom stereocenters. The number of halogens is 1. The van der Waals surface area contributed by atoms with Gasteiger partial charge in [0.2, 0.25) is 0 Å². The van der Waals surface area contributed by atoms with Crippen LogP contribution in [0.1, 0.15) is 17.4 Å². The second-order valence-electron chi connectivity index (χ2n) is 4.27. The number of furan rings is 1. The van der Waals surface area contributed by atoms with Crippen molar-refractivity contribution < 1.29 is 4.42 Å². The van der Waals surface area contributed by atoms with Crippen molar-refractivity contribution in [1.82, 2.24) is 0 Å². The van der Waals surface area contributed by atoms with Gasteiger partial charge in [0.15, 0.2) is 0 Å². The Bertz CT molecular complexity index is 660. The Balaban J connectivity index is 1.89. The fourth-order valence-electron chi connectivity index (χ4n) is 1.98. The summed E-state index contributed by atoms with van der Waals surface area (Å²) < 4.78 is 5.75. The van der Waals surface area contributed by atoms with Crippen LogP contribution in [0.15, 0.2) is 45.5 Å². The first kappa shape index (κ1) is 11.8. The van der Waals surface area contributed by atoms with Crippen molar-refractivity contribution in [3.05, 3.63) is 57.4 Å². The van der Waals surface area contributed by atoms with Gasteiger partial charge in [-0.25, -0.2) is 0 Å². The molecule has 0 spiro atoms. The SMILES string of the molecule is NC(Cc1ccsc1)c1cc2cc(Cl)ccc2o1. The van der Waals surface area contributed by atoms with E-state index in [0.717, 1.165) is 23.2 Å². The molecule has 0 bridgehead atoms. The summed E-state index contributed by atoms with van der Waals surface area (Å²) in [6.07, 6.45) is 0.789. The van der Waals surface area contributed by atoms with Crippen LogP contribution in [0.2, 0.25) is 5.02 Å². The minimum absolute atomic E-state index is 0.120. The highest BCUT2D eigenvalue weighted by molar-refractivity contribution is 7.07. The standard InChI is InChI=1S/C14H12ClNOS/c15-11-1-2-13-10(6-11)7-14(17-13)12(16)5-9-3-4-18-8-9/h1-4,6-8,12H,5,16H2. The van der Waals surface area contributed by atoms with Gasteiger partial charge in [-0.2, -0.15) is 11.3 Å². The Hall–Kier alpha value is -1.29. The fraction of sp³-hybridized carbons (Fsp3) is 0.143. The maximum Gasteiger partial charge on any atom is 0.134 e. The molecule has 0 saturated heterocycles. The van der Waals surface area contributed by atoms with E-state index >= 15 is 0 Å². The van der Waals surface area contributed by atoms with Crippen molar-refractivity contribution in [1.29, 1.82) is 0 Å². The molecule has 18 heavy (non-hydrogen) atoms. The summed E-state index contributed by atoms with van der Waals surface area (Å²) in [6, 6.07) is 9.52. The number of fused-ring (bicyclic) bond motifs is 1. The lowest BCUT2D eigenvalue weighted by molar-refractivity contribution is 0.494. The molecule has 3 aromatic rings. The smallest absolute Gasteiger partial charge is 0.134 e. The minimum Gasteiger partial charge on any atom is -0.459 e. The number of hydrogen-bond donors (Lipinski definition) is 1. The number of thiophene rings is 1. The van der Waals surface area contributed by atoms with Crippen molar-refractivity contribution >= 4 is 33.9 Å². The molecule has 1 aromatic carbocycles. The first-order chi connectivity index (χ1) is 8.72. The summed E-state index contributed by atoms with van der Waals surface area (Å²) in [7, 11) is 0. The second kappa shape index (κ2) is 4.76. The van der Waals surface area contributed by atoms with E-state index in [-0.39, 0.29) is 6.04 Å². The zero-order valence-electron chi connectivity index (χ0n) is 9.60. The monoisotopic (exact) mass is 277 g/mol. The van der Waals surface area contributed by atoms with Gasteiger partial charge in [0, 0.05) is 10.4 Å². The van der Waals surface area contributed by atoms with Gasteiger partial charge in [-0.15, -0.1) is 0 Å². The van der Waals surface area contributed by atoms with Crippen LogP contribution in [0.4, 0.5) is 0 Å². The van der Waals surface area contributed by atoms with Gasteiger partial charge in [-0.3, -0.25) is 0 Å². The maximum atomic E-state index is 6.17. The van der Waals surface area contributed by atoms with Crippen molar-refractivity contribution in [2.45, 2.75) is 12.5 Å². The Morgan fingerprint density at radius 2 is 2.17 bits per heavy atom. The number of hydrogen-bond acceptors (Lipinski definition) is 3. The van der Waals surface area contributed by atoms with Crippen molar-refractivity contribution in [2.75, 3.05) is 0 Å². The zero-order chi connectivity index (χ0) is 12.5. The average molecular weight is 278 g/mol. The molecule has 0 amide bonds. The predicted octanol–water partition coefficient (Wildman–Crippen LogP) is 4.39. The van der Waals surface area contributed by atoms with E-state index in [0.29, 0.717) is 5.02 Å². The van der Waals surface area contributed by atoms with Crippen molar-refractivity contribution in [3.63, 3.8) is 0 Å². The van der Waals surface area contributed by atoms with Crippen LogP contribution in [0.25, 0.3) is 11.0 Å². The van der Waals surface area contributed by atoms with Gasteiger partial charge in [0.25, 0.3) is 0 Å². The van der Waals surface area contributed by atoms with E-state index in [2.05, 4.69) is 16.8 Å². The van der Waals surface area contributed by atoms with Gasteiger partial charge < -0.3 is 10.2 Å². The Morgan fingerprint density at radius 1 is 1.28 bits per heavy atom. The molecule has 3 rings (SSSR count). The lowest BCUT2D eigenvalue weighted by Gasteiger charge is -2.06. The van der Waals surface area contributed by atoms with E-state index in [1.54, 1.807) is 11.3 Å². The molecule has 0 radical (unpaired) electrons. The third-order valence-corrected chi connectivity index (χ3v) is 3.87. The van der Waals surface area contributed by atoms with Gasteiger partial charge in [0.05, 0.1) is 6.04 Å². The Kier molecular flexibility index (Phi) is 3.12. The van der Waals surface area contributed by atoms with Gasteiger partial charge in [-0.05, 0) is 53.1 Å². The van der Waals surface area contributed by atoms with E-state index in [1.165, 1.54) is 5.56 Å². The highest BCUT2D eigenvalue weighted by Crippen LogP contribution is 2.27. The average Bonchev–Trinajstić information content (AvgIpc) is 2.96. The summed E-state index contributed by atoms with van der Waals surface area (Å²) in [5, 5.41) is 5.87. The third-order valence-electron chi connectivity index (χ3n) is 2.90. The van der Waals surface area contributed by atoms with Gasteiger partial charge in [-0.1, -0.05) is 11.6 Å². The quantitative estimate of drug-likeness (QED) is 0.771. The van der Waals surface area contributed by atoms with Crippen LogP contribution in [0.5, 0.6) is 0 Å². The fourth-order valence-corrected chi connectivity index (χ4v) is 2.84. The summed E-state index contributed by atoms with van der Waals surface area (Å²) in [6.45, 7) is 0. The first-order valence-electron chi connectivity index (χ1n) is 5.68. The normalized spacial score (nSPS) is 13.0. The number of benzene rings is 1.